The molecule has 0 spiro atoms. The van der Waals surface area contributed by atoms with Crippen LogP contribution in [0.2, 0.25) is 0 Å². The number of rotatable bonds is 7. The third kappa shape index (κ3) is 4.19. The van der Waals surface area contributed by atoms with Crippen LogP contribution in [-0.2, 0) is 14.3 Å². The molecule has 0 unspecified atom stereocenters. The Bertz CT molecular complexity index is 908. The molecule has 2 aromatic rings. The Kier molecular flexibility index (Phi) is 5.65. The second-order valence-corrected chi connectivity index (χ2v) is 7.53. The van der Waals surface area contributed by atoms with E-state index in [4.69, 9.17) is 9.47 Å². The first-order chi connectivity index (χ1) is 14.2. The van der Waals surface area contributed by atoms with Crippen molar-refractivity contribution < 1.29 is 19.1 Å². The van der Waals surface area contributed by atoms with E-state index in [0.29, 0.717) is 29.5 Å². The van der Waals surface area contributed by atoms with Crippen molar-refractivity contribution in [1.82, 2.24) is 0 Å². The molecule has 4 atom stereocenters. The Morgan fingerprint density at radius 2 is 1.79 bits per heavy atom. The molecule has 150 valence electrons. The number of nitrogens with one attached hydrogen (secondary N) is 1. The van der Waals surface area contributed by atoms with Gasteiger partial charge in [-0.15, -0.1) is 0 Å². The number of esters is 1. The van der Waals surface area contributed by atoms with E-state index >= 15 is 0 Å². The van der Waals surface area contributed by atoms with Gasteiger partial charge in [-0.3, -0.25) is 9.59 Å². The van der Waals surface area contributed by atoms with E-state index in [-0.39, 0.29) is 17.8 Å². The predicted molar refractivity (Wildman–Crippen MR) is 110 cm³/mol. The molecule has 2 aromatic carbocycles. The zero-order valence-corrected chi connectivity index (χ0v) is 16.4. The summed E-state index contributed by atoms with van der Waals surface area (Å²) in [4.78, 5) is 26.0. The molecule has 5 heteroatoms. The largest absolute Gasteiger partial charge is 0.492 e. The lowest BCUT2D eigenvalue weighted by molar-refractivity contribution is -0.159. The predicted octanol–water partition coefficient (Wildman–Crippen LogP) is 4.52. The molecule has 2 aliphatic rings. The van der Waals surface area contributed by atoms with Crippen molar-refractivity contribution in [1.29, 1.82) is 0 Å². The normalized spacial score (nSPS) is 22.9. The van der Waals surface area contributed by atoms with Gasteiger partial charge in [-0.2, -0.15) is 0 Å². The molecular weight excluding hydrogens is 366 g/mol. The molecule has 1 amide bonds. The van der Waals surface area contributed by atoms with Gasteiger partial charge in [0, 0.05) is 5.56 Å². The van der Waals surface area contributed by atoms with E-state index in [2.05, 4.69) is 17.5 Å². The maximum absolute atomic E-state index is 13.1. The second kappa shape index (κ2) is 8.52. The fourth-order valence-electron chi connectivity index (χ4n) is 4.21. The highest BCUT2D eigenvalue weighted by Gasteiger charge is 2.42. The standard InChI is InChI=1S/C24H25NO4/c1-2-28-21-11-7-6-10-20(21)25-23(26)22(17-8-4-3-5-9-17)29-24(27)19-15-16-12-13-18(19)14-16/h3-13,16,18-19,22H,2,14-15H2,1H3,(H,25,26)/t16-,18-,19-,22-/m0/s1. The number of allylic oxidation sites excluding steroid dienone is 2. The molecule has 1 fully saturated rings. The number of para-hydroxylation sites is 2. The molecule has 1 N–H and O–H groups in total. The summed E-state index contributed by atoms with van der Waals surface area (Å²) < 4.78 is 11.4. The minimum Gasteiger partial charge on any atom is -0.492 e. The smallest absolute Gasteiger partial charge is 0.310 e. The summed E-state index contributed by atoms with van der Waals surface area (Å²) in [6.07, 6.45) is 5.08. The van der Waals surface area contributed by atoms with Gasteiger partial charge < -0.3 is 14.8 Å². The summed E-state index contributed by atoms with van der Waals surface area (Å²) in [6, 6.07) is 16.4. The van der Waals surface area contributed by atoms with Gasteiger partial charge in [0.05, 0.1) is 18.2 Å². The van der Waals surface area contributed by atoms with Crippen LogP contribution in [0.3, 0.4) is 0 Å². The van der Waals surface area contributed by atoms with Crippen molar-refractivity contribution in [3.63, 3.8) is 0 Å². The van der Waals surface area contributed by atoms with Crippen molar-refractivity contribution in [2.24, 2.45) is 17.8 Å². The van der Waals surface area contributed by atoms with Gasteiger partial charge in [-0.25, -0.2) is 0 Å². The van der Waals surface area contributed by atoms with Gasteiger partial charge in [0.15, 0.2) is 0 Å². The third-order valence-corrected chi connectivity index (χ3v) is 5.60. The van der Waals surface area contributed by atoms with Gasteiger partial charge in [0.25, 0.3) is 5.91 Å². The van der Waals surface area contributed by atoms with Crippen LogP contribution in [0.4, 0.5) is 5.69 Å². The highest BCUT2D eigenvalue weighted by molar-refractivity contribution is 5.97. The molecule has 0 saturated heterocycles. The highest BCUT2D eigenvalue weighted by atomic mass is 16.5. The first kappa shape index (κ1) is 19.2. The number of hydrogen-bond donors (Lipinski definition) is 1. The lowest BCUT2D eigenvalue weighted by atomic mass is 9.93. The van der Waals surface area contributed by atoms with Crippen LogP contribution in [-0.4, -0.2) is 18.5 Å². The molecule has 0 radical (unpaired) electrons. The van der Waals surface area contributed by atoms with E-state index < -0.39 is 12.0 Å². The summed E-state index contributed by atoms with van der Waals surface area (Å²) in [7, 11) is 0. The minimum atomic E-state index is -1.01. The molecule has 0 aromatic heterocycles. The lowest BCUT2D eigenvalue weighted by Crippen LogP contribution is -2.30. The average Bonchev–Trinajstić information content (AvgIpc) is 3.38. The number of carbonyl (C=O) groups is 2. The zero-order valence-electron chi connectivity index (χ0n) is 16.4. The van der Waals surface area contributed by atoms with Crippen molar-refractivity contribution in [2.75, 3.05) is 11.9 Å². The Morgan fingerprint density at radius 3 is 2.48 bits per heavy atom. The monoisotopic (exact) mass is 391 g/mol. The summed E-state index contributed by atoms with van der Waals surface area (Å²) in [5.74, 6) is 0.407. The minimum absolute atomic E-state index is 0.167. The molecule has 2 aliphatic carbocycles. The Balaban J connectivity index is 1.54. The first-order valence-corrected chi connectivity index (χ1v) is 10.1. The Morgan fingerprint density at radius 1 is 1.03 bits per heavy atom. The quantitative estimate of drug-likeness (QED) is 0.557. The van der Waals surface area contributed by atoms with Crippen molar-refractivity contribution in [3.05, 3.63) is 72.3 Å². The van der Waals surface area contributed by atoms with Crippen LogP contribution in [0, 0.1) is 17.8 Å². The molecular formula is C24H25NO4. The molecule has 29 heavy (non-hydrogen) atoms. The van der Waals surface area contributed by atoms with Gasteiger partial charge in [-0.1, -0.05) is 54.6 Å². The molecule has 0 heterocycles. The van der Waals surface area contributed by atoms with Crippen LogP contribution >= 0.6 is 0 Å². The van der Waals surface area contributed by atoms with Crippen LogP contribution in [0.25, 0.3) is 0 Å². The van der Waals surface area contributed by atoms with E-state index in [1.54, 1.807) is 24.3 Å². The number of ether oxygens (including phenoxy) is 2. The van der Waals surface area contributed by atoms with Gasteiger partial charge in [-0.05, 0) is 43.7 Å². The molecule has 1 saturated carbocycles. The number of benzene rings is 2. The number of hydrogen-bond acceptors (Lipinski definition) is 4. The summed E-state index contributed by atoms with van der Waals surface area (Å²) in [6.45, 7) is 2.37. The average molecular weight is 391 g/mol. The van der Waals surface area contributed by atoms with Crippen LogP contribution in [0.5, 0.6) is 5.75 Å². The summed E-state index contributed by atoms with van der Waals surface area (Å²) in [5.41, 5.74) is 1.20. The van der Waals surface area contributed by atoms with E-state index in [0.717, 1.165) is 12.8 Å². The van der Waals surface area contributed by atoms with E-state index in [1.165, 1.54) is 0 Å². The van der Waals surface area contributed by atoms with Crippen LogP contribution in [0.1, 0.15) is 31.4 Å². The Labute approximate surface area is 170 Å². The zero-order chi connectivity index (χ0) is 20.2. The van der Waals surface area contributed by atoms with Crippen molar-refractivity contribution in [3.8, 4) is 5.75 Å². The second-order valence-electron chi connectivity index (χ2n) is 7.53. The first-order valence-electron chi connectivity index (χ1n) is 10.1. The topological polar surface area (TPSA) is 64.6 Å². The molecule has 4 rings (SSSR count). The molecule has 2 bridgehead atoms. The highest BCUT2D eigenvalue weighted by Crippen LogP contribution is 2.44. The van der Waals surface area contributed by atoms with E-state index in [1.807, 2.05) is 37.3 Å². The van der Waals surface area contributed by atoms with Crippen molar-refractivity contribution >= 4 is 17.6 Å². The van der Waals surface area contributed by atoms with Crippen molar-refractivity contribution in [2.45, 2.75) is 25.9 Å². The Hall–Kier alpha value is -3.08. The number of amides is 1. The maximum atomic E-state index is 13.1. The van der Waals surface area contributed by atoms with Gasteiger partial charge >= 0.3 is 5.97 Å². The maximum Gasteiger partial charge on any atom is 0.310 e. The van der Waals surface area contributed by atoms with Crippen LogP contribution < -0.4 is 10.1 Å². The van der Waals surface area contributed by atoms with Crippen LogP contribution in [0.15, 0.2) is 66.7 Å². The van der Waals surface area contributed by atoms with Gasteiger partial charge in [0.1, 0.15) is 5.75 Å². The number of fused-ring (bicyclic) bond motifs is 2. The number of anilines is 1. The SMILES string of the molecule is CCOc1ccccc1NC(=O)[C@@H](OC(=O)[C@H]1C[C@H]2C=C[C@H]1C2)c1ccccc1. The number of carbonyl (C=O) groups excluding carboxylic acids is 2. The summed E-state index contributed by atoms with van der Waals surface area (Å²) in [5, 5.41) is 2.87. The van der Waals surface area contributed by atoms with Gasteiger partial charge in [0.2, 0.25) is 6.10 Å². The third-order valence-electron chi connectivity index (χ3n) is 5.60. The lowest BCUT2D eigenvalue weighted by Gasteiger charge is -2.23. The fraction of sp³-hybridized carbons (Fsp3) is 0.333. The fourth-order valence-corrected chi connectivity index (χ4v) is 4.21. The molecule has 0 aliphatic heterocycles. The van der Waals surface area contributed by atoms with E-state index in [9.17, 15) is 9.59 Å². The molecule has 5 nitrogen and oxygen atoms in total. The summed E-state index contributed by atoms with van der Waals surface area (Å²) >= 11 is 0.